The van der Waals surface area contributed by atoms with Crippen molar-refractivity contribution in [1.29, 1.82) is 0 Å². The summed E-state index contributed by atoms with van der Waals surface area (Å²) in [5.41, 5.74) is -0.332. The van der Waals surface area contributed by atoms with E-state index >= 15 is 0 Å². The molecule has 138 valence electrons. The highest BCUT2D eigenvalue weighted by atomic mass is 35.5. The molecule has 2 aromatic rings. The summed E-state index contributed by atoms with van der Waals surface area (Å²) in [7, 11) is 0. The molecule has 0 N–H and O–H groups in total. The monoisotopic (exact) mass is 394 g/mol. The van der Waals surface area contributed by atoms with E-state index in [2.05, 4.69) is 5.16 Å². The van der Waals surface area contributed by atoms with Gasteiger partial charge in [0.1, 0.15) is 11.6 Å². The lowest BCUT2D eigenvalue weighted by molar-refractivity contribution is -0.137. The first-order valence-electron chi connectivity index (χ1n) is 7.82. The van der Waals surface area contributed by atoms with Crippen molar-refractivity contribution >= 4 is 34.8 Å². The molecule has 0 aromatic heterocycles. The minimum absolute atomic E-state index is 0.159. The third-order valence-electron chi connectivity index (χ3n) is 4.38. The third-order valence-corrected chi connectivity index (χ3v) is 4.64. The first-order valence-corrected chi connectivity index (χ1v) is 8.20. The average molecular weight is 395 g/mol. The minimum atomic E-state index is -4.59. The summed E-state index contributed by atoms with van der Waals surface area (Å²) in [4.78, 5) is 31.3. The molecule has 4 rings (SSSR count). The van der Waals surface area contributed by atoms with Gasteiger partial charge in [-0.3, -0.25) is 9.59 Å². The normalized spacial score (nSPS) is 21.9. The first kappa shape index (κ1) is 17.5. The molecule has 2 aliphatic rings. The fourth-order valence-corrected chi connectivity index (χ4v) is 3.24. The molecule has 0 bridgehead atoms. The van der Waals surface area contributed by atoms with Crippen molar-refractivity contribution < 1.29 is 27.6 Å². The molecule has 0 saturated carbocycles. The Balaban J connectivity index is 1.69. The number of amides is 2. The van der Waals surface area contributed by atoms with Crippen molar-refractivity contribution in [3.05, 3.63) is 64.7 Å². The molecular formula is C18H10ClF3N2O3. The van der Waals surface area contributed by atoms with Gasteiger partial charge in [0.25, 0.3) is 5.91 Å². The summed E-state index contributed by atoms with van der Waals surface area (Å²) < 4.78 is 38.9. The van der Waals surface area contributed by atoms with Crippen LogP contribution in [0, 0.1) is 5.92 Å². The second kappa shape index (κ2) is 6.09. The molecule has 2 unspecified atom stereocenters. The predicted octanol–water partition coefficient (Wildman–Crippen LogP) is 3.65. The summed E-state index contributed by atoms with van der Waals surface area (Å²) in [6.45, 7) is 0. The van der Waals surface area contributed by atoms with E-state index in [1.165, 1.54) is 6.07 Å². The zero-order valence-electron chi connectivity index (χ0n) is 13.4. The smallest absolute Gasteiger partial charge is 0.381 e. The molecule has 0 radical (unpaired) electrons. The van der Waals surface area contributed by atoms with Crippen LogP contribution in [0.2, 0.25) is 5.02 Å². The molecule has 1 fully saturated rings. The number of rotatable bonds is 2. The number of alkyl halides is 3. The van der Waals surface area contributed by atoms with Crippen LogP contribution in [0.1, 0.15) is 11.1 Å². The molecule has 2 atom stereocenters. The number of hydrogen-bond acceptors (Lipinski definition) is 4. The minimum Gasteiger partial charge on any atom is -0.381 e. The van der Waals surface area contributed by atoms with E-state index in [0.717, 1.165) is 23.1 Å². The number of carbonyl (C=O) groups excluding carboxylic acids is 2. The number of oxime groups is 1. The van der Waals surface area contributed by atoms with Crippen LogP contribution in [-0.2, 0) is 20.6 Å². The van der Waals surface area contributed by atoms with E-state index in [4.69, 9.17) is 16.4 Å². The highest BCUT2D eigenvalue weighted by Crippen LogP contribution is 2.37. The lowest BCUT2D eigenvalue weighted by atomic mass is 9.94. The van der Waals surface area contributed by atoms with Crippen LogP contribution in [-0.4, -0.2) is 23.6 Å². The van der Waals surface area contributed by atoms with Gasteiger partial charge in [-0.15, -0.1) is 0 Å². The van der Waals surface area contributed by atoms with Gasteiger partial charge in [0.15, 0.2) is 0 Å². The van der Waals surface area contributed by atoms with Gasteiger partial charge in [-0.25, -0.2) is 4.90 Å². The average Bonchev–Trinajstić information content (AvgIpc) is 3.16. The number of fused-ring (bicyclic) bond motifs is 1. The molecule has 9 heteroatoms. The summed E-state index contributed by atoms with van der Waals surface area (Å²) in [5, 5.41) is 4.31. The van der Waals surface area contributed by atoms with E-state index < -0.39 is 35.6 Å². The molecule has 2 aromatic carbocycles. The van der Waals surface area contributed by atoms with Gasteiger partial charge in [-0.2, -0.15) is 13.2 Å². The Morgan fingerprint density at radius 1 is 1.04 bits per heavy atom. The summed E-state index contributed by atoms with van der Waals surface area (Å²) in [5.74, 6) is -2.46. The van der Waals surface area contributed by atoms with Crippen LogP contribution in [0.5, 0.6) is 0 Å². The highest BCUT2D eigenvalue weighted by molar-refractivity contribution is 6.33. The van der Waals surface area contributed by atoms with Crippen LogP contribution >= 0.6 is 11.6 Å². The molecule has 2 heterocycles. The molecule has 2 aliphatic heterocycles. The SMILES string of the molecule is O=C1C2ON=C(c3ccc(Cl)cc3)C2C(=O)N1c1cccc(C(F)(F)F)c1. The van der Waals surface area contributed by atoms with Crippen molar-refractivity contribution in [3.8, 4) is 0 Å². The summed E-state index contributed by atoms with van der Waals surface area (Å²) in [6, 6.07) is 10.5. The molecular weight excluding hydrogens is 385 g/mol. The van der Waals surface area contributed by atoms with Gasteiger partial charge < -0.3 is 4.84 Å². The number of halogens is 4. The second-order valence-corrected chi connectivity index (χ2v) is 6.48. The van der Waals surface area contributed by atoms with Crippen LogP contribution in [0.3, 0.4) is 0 Å². The number of nitrogens with zero attached hydrogens (tertiary/aromatic N) is 2. The summed E-state index contributed by atoms with van der Waals surface area (Å²) >= 11 is 5.84. The van der Waals surface area contributed by atoms with Gasteiger partial charge in [-0.05, 0) is 30.3 Å². The fraction of sp³-hybridized carbons (Fsp3) is 0.167. The zero-order valence-corrected chi connectivity index (χ0v) is 14.2. The predicted molar refractivity (Wildman–Crippen MR) is 90.3 cm³/mol. The fourth-order valence-electron chi connectivity index (χ4n) is 3.11. The molecule has 0 aliphatic carbocycles. The Hall–Kier alpha value is -2.87. The van der Waals surface area contributed by atoms with Crippen molar-refractivity contribution in [3.63, 3.8) is 0 Å². The topological polar surface area (TPSA) is 59.0 Å². The van der Waals surface area contributed by atoms with E-state index in [1.807, 2.05) is 0 Å². The number of hydrogen-bond donors (Lipinski definition) is 0. The standard InChI is InChI=1S/C18H10ClF3N2O3/c19-11-6-4-9(5-7-11)14-13-15(27-23-14)17(26)24(16(13)25)12-3-1-2-10(8-12)18(20,21)22/h1-8,13,15H. The molecule has 27 heavy (non-hydrogen) atoms. The summed E-state index contributed by atoms with van der Waals surface area (Å²) in [6.07, 6.45) is -5.79. The van der Waals surface area contributed by atoms with Crippen molar-refractivity contribution in [1.82, 2.24) is 0 Å². The van der Waals surface area contributed by atoms with Crippen LogP contribution in [0.15, 0.2) is 53.7 Å². The van der Waals surface area contributed by atoms with E-state index in [0.29, 0.717) is 10.6 Å². The lowest BCUT2D eigenvalue weighted by Gasteiger charge is -2.17. The largest absolute Gasteiger partial charge is 0.416 e. The zero-order chi connectivity index (χ0) is 19.3. The Bertz CT molecular complexity index is 973. The van der Waals surface area contributed by atoms with Gasteiger partial charge in [0, 0.05) is 10.6 Å². The number of imide groups is 1. The maximum absolute atomic E-state index is 13.0. The third kappa shape index (κ3) is 2.86. The Kier molecular flexibility index (Phi) is 3.96. The van der Waals surface area contributed by atoms with Crippen molar-refractivity contribution in [2.75, 3.05) is 4.90 Å². The highest BCUT2D eigenvalue weighted by Gasteiger charge is 2.56. The van der Waals surface area contributed by atoms with Crippen LogP contribution in [0.25, 0.3) is 0 Å². The maximum atomic E-state index is 13.0. The van der Waals surface area contributed by atoms with Gasteiger partial charge in [0.05, 0.1) is 11.3 Å². The maximum Gasteiger partial charge on any atom is 0.416 e. The Morgan fingerprint density at radius 3 is 2.41 bits per heavy atom. The molecule has 1 saturated heterocycles. The lowest BCUT2D eigenvalue weighted by Crippen LogP contribution is -2.33. The number of anilines is 1. The van der Waals surface area contributed by atoms with Crippen molar-refractivity contribution in [2.24, 2.45) is 11.1 Å². The van der Waals surface area contributed by atoms with E-state index in [-0.39, 0.29) is 11.4 Å². The molecule has 2 amide bonds. The van der Waals surface area contributed by atoms with Crippen LogP contribution < -0.4 is 4.90 Å². The van der Waals surface area contributed by atoms with Gasteiger partial charge in [0.2, 0.25) is 12.0 Å². The quantitative estimate of drug-likeness (QED) is 0.730. The van der Waals surface area contributed by atoms with Gasteiger partial charge >= 0.3 is 6.18 Å². The molecule has 0 spiro atoms. The number of carbonyl (C=O) groups is 2. The number of benzene rings is 2. The Morgan fingerprint density at radius 2 is 1.74 bits per heavy atom. The first-order chi connectivity index (χ1) is 12.8. The Labute approximate surface area is 156 Å². The molecule has 5 nitrogen and oxygen atoms in total. The van der Waals surface area contributed by atoms with E-state index in [9.17, 15) is 22.8 Å². The second-order valence-electron chi connectivity index (χ2n) is 6.05. The van der Waals surface area contributed by atoms with Gasteiger partial charge in [-0.1, -0.05) is 35.0 Å². The van der Waals surface area contributed by atoms with Crippen LogP contribution in [0.4, 0.5) is 18.9 Å². The van der Waals surface area contributed by atoms with Crippen molar-refractivity contribution in [2.45, 2.75) is 12.3 Å². The van der Waals surface area contributed by atoms with E-state index in [1.54, 1.807) is 24.3 Å².